The zero-order chi connectivity index (χ0) is 17.1. The fourth-order valence-corrected chi connectivity index (χ4v) is 3.08. The molecule has 0 bridgehead atoms. The smallest absolute Gasteiger partial charge is 0.359 e. The molecule has 6 nitrogen and oxygen atoms in total. The summed E-state index contributed by atoms with van der Waals surface area (Å²) in [6, 6.07) is 8.86. The molecular formula is C16H21NO5S. The monoisotopic (exact) mass is 339 g/mol. The number of hydrogen-bond donors (Lipinski definition) is 1. The SMILES string of the molecule is CC(C)(C)OC(=O)/C(=C1/CCCOS(=O)(=O)N1)c1ccccc1. The molecule has 1 aliphatic rings. The van der Waals surface area contributed by atoms with Crippen molar-refractivity contribution in [3.05, 3.63) is 41.6 Å². The molecule has 0 radical (unpaired) electrons. The number of nitrogens with one attached hydrogen (secondary N) is 1. The summed E-state index contributed by atoms with van der Waals surface area (Å²) < 4.78 is 36.2. The van der Waals surface area contributed by atoms with Crippen molar-refractivity contribution in [2.45, 2.75) is 39.2 Å². The van der Waals surface area contributed by atoms with Gasteiger partial charge in [0, 0.05) is 5.70 Å². The summed E-state index contributed by atoms with van der Waals surface area (Å²) in [6.07, 6.45) is 0.864. The number of allylic oxidation sites excluding steroid dienone is 1. The van der Waals surface area contributed by atoms with Crippen molar-refractivity contribution in [3.8, 4) is 0 Å². The molecule has 1 fully saturated rings. The molecule has 0 spiro atoms. The fraction of sp³-hybridized carbons (Fsp3) is 0.438. The predicted molar refractivity (Wildman–Crippen MR) is 86.4 cm³/mol. The van der Waals surface area contributed by atoms with Crippen LogP contribution in [0.15, 0.2) is 36.0 Å². The third-order valence-corrected chi connectivity index (χ3v) is 4.00. The van der Waals surface area contributed by atoms with Crippen LogP contribution in [0.1, 0.15) is 39.2 Å². The van der Waals surface area contributed by atoms with E-state index >= 15 is 0 Å². The molecule has 1 aliphatic heterocycles. The Labute approximate surface area is 136 Å². The molecule has 0 amide bonds. The summed E-state index contributed by atoms with van der Waals surface area (Å²) in [4.78, 5) is 12.6. The largest absolute Gasteiger partial charge is 0.456 e. The Morgan fingerprint density at radius 2 is 1.87 bits per heavy atom. The minimum Gasteiger partial charge on any atom is -0.456 e. The Hall–Kier alpha value is -1.86. The predicted octanol–water partition coefficient (Wildman–Crippen LogP) is 2.38. The number of hydrogen-bond acceptors (Lipinski definition) is 5. The van der Waals surface area contributed by atoms with Crippen LogP contribution < -0.4 is 4.72 Å². The van der Waals surface area contributed by atoms with E-state index in [1.807, 2.05) is 6.07 Å². The lowest BCUT2D eigenvalue weighted by Crippen LogP contribution is -2.28. The molecule has 0 aromatic heterocycles. The van der Waals surface area contributed by atoms with Crippen molar-refractivity contribution in [2.75, 3.05) is 6.61 Å². The molecule has 1 heterocycles. The molecule has 0 aliphatic carbocycles. The van der Waals surface area contributed by atoms with E-state index in [9.17, 15) is 13.2 Å². The van der Waals surface area contributed by atoms with Gasteiger partial charge in [-0.2, -0.15) is 8.42 Å². The molecule has 0 atom stereocenters. The van der Waals surface area contributed by atoms with Crippen molar-refractivity contribution in [1.82, 2.24) is 4.72 Å². The van der Waals surface area contributed by atoms with Gasteiger partial charge in [0.05, 0.1) is 12.2 Å². The molecule has 1 aromatic rings. The number of carbonyl (C=O) groups is 1. The first kappa shape index (κ1) is 17.5. The van der Waals surface area contributed by atoms with Crippen molar-refractivity contribution in [3.63, 3.8) is 0 Å². The highest BCUT2D eigenvalue weighted by atomic mass is 32.2. The summed E-state index contributed by atoms with van der Waals surface area (Å²) >= 11 is 0. The molecule has 1 saturated heterocycles. The molecule has 1 N–H and O–H groups in total. The van der Waals surface area contributed by atoms with Gasteiger partial charge in [-0.05, 0) is 39.2 Å². The van der Waals surface area contributed by atoms with Gasteiger partial charge >= 0.3 is 16.3 Å². The average Bonchev–Trinajstić information content (AvgIpc) is 2.59. The average molecular weight is 339 g/mol. The summed E-state index contributed by atoms with van der Waals surface area (Å²) in [5.74, 6) is -0.566. The van der Waals surface area contributed by atoms with Gasteiger partial charge in [-0.15, -0.1) is 0 Å². The van der Waals surface area contributed by atoms with Crippen LogP contribution in [-0.4, -0.2) is 26.6 Å². The lowest BCUT2D eigenvalue weighted by atomic mass is 10.0. The second-order valence-corrected chi connectivity index (χ2v) is 7.55. The van der Waals surface area contributed by atoms with Gasteiger partial charge in [-0.3, -0.25) is 8.91 Å². The molecule has 0 saturated carbocycles. The first-order valence-electron chi connectivity index (χ1n) is 7.37. The molecular weight excluding hydrogens is 318 g/mol. The van der Waals surface area contributed by atoms with Crippen molar-refractivity contribution >= 4 is 21.8 Å². The molecule has 7 heteroatoms. The zero-order valence-corrected chi connectivity index (χ0v) is 14.3. The Morgan fingerprint density at radius 1 is 1.22 bits per heavy atom. The molecule has 0 unspecified atom stereocenters. The molecule has 126 valence electrons. The highest BCUT2D eigenvalue weighted by Crippen LogP contribution is 2.26. The highest BCUT2D eigenvalue weighted by Gasteiger charge is 2.27. The highest BCUT2D eigenvalue weighted by molar-refractivity contribution is 7.84. The number of rotatable bonds is 2. The maximum absolute atomic E-state index is 12.6. The Bertz CT molecular complexity index is 702. The normalized spacial score (nSPS) is 20.1. The van der Waals surface area contributed by atoms with Crippen LogP contribution in [0.25, 0.3) is 5.57 Å². The van der Waals surface area contributed by atoms with Gasteiger partial charge in [0.1, 0.15) is 5.60 Å². The van der Waals surface area contributed by atoms with Crippen LogP contribution >= 0.6 is 0 Å². The van der Waals surface area contributed by atoms with Gasteiger partial charge in [0.25, 0.3) is 0 Å². The van der Waals surface area contributed by atoms with Crippen LogP contribution in [0.4, 0.5) is 0 Å². The van der Waals surface area contributed by atoms with Gasteiger partial charge in [0.15, 0.2) is 0 Å². The minimum absolute atomic E-state index is 0.0786. The van der Waals surface area contributed by atoms with E-state index in [4.69, 9.17) is 8.92 Å². The maximum atomic E-state index is 12.6. The number of benzene rings is 1. The van der Waals surface area contributed by atoms with E-state index in [1.54, 1.807) is 45.0 Å². The van der Waals surface area contributed by atoms with Crippen molar-refractivity contribution in [2.24, 2.45) is 0 Å². The Morgan fingerprint density at radius 3 is 2.48 bits per heavy atom. The fourth-order valence-electron chi connectivity index (χ4n) is 2.17. The number of carbonyl (C=O) groups excluding carboxylic acids is 1. The van der Waals surface area contributed by atoms with E-state index in [2.05, 4.69) is 4.72 Å². The lowest BCUT2D eigenvalue weighted by Gasteiger charge is -2.22. The summed E-state index contributed by atoms with van der Waals surface area (Å²) in [5, 5.41) is 0. The standard InChI is InChI=1S/C16H21NO5S/c1-16(2,3)22-15(18)14(12-8-5-4-6-9-12)13-10-7-11-21-23(19,20)17-13/h4-6,8-9,17H,7,10-11H2,1-3H3/b14-13-. The third-order valence-electron chi connectivity index (χ3n) is 3.03. The van der Waals surface area contributed by atoms with Crippen LogP contribution in [0, 0.1) is 0 Å². The summed E-state index contributed by atoms with van der Waals surface area (Å²) in [6.45, 7) is 5.37. The zero-order valence-electron chi connectivity index (χ0n) is 13.5. The second-order valence-electron chi connectivity index (χ2n) is 6.20. The van der Waals surface area contributed by atoms with E-state index in [-0.39, 0.29) is 12.2 Å². The van der Waals surface area contributed by atoms with Gasteiger partial charge in [0.2, 0.25) is 0 Å². The number of esters is 1. The van der Waals surface area contributed by atoms with Crippen molar-refractivity contribution < 1.29 is 22.1 Å². The van der Waals surface area contributed by atoms with Gasteiger partial charge in [-0.1, -0.05) is 30.3 Å². The minimum atomic E-state index is -3.91. The molecule has 1 aromatic carbocycles. The Kier molecular flexibility index (Phi) is 5.11. The Balaban J connectivity index is 2.52. The topological polar surface area (TPSA) is 81.7 Å². The van der Waals surface area contributed by atoms with E-state index in [0.717, 1.165) is 0 Å². The maximum Gasteiger partial charge on any atom is 0.359 e. The van der Waals surface area contributed by atoms with E-state index in [0.29, 0.717) is 24.1 Å². The van der Waals surface area contributed by atoms with Gasteiger partial charge < -0.3 is 4.74 Å². The first-order chi connectivity index (χ1) is 10.7. The lowest BCUT2D eigenvalue weighted by molar-refractivity contribution is -0.147. The van der Waals surface area contributed by atoms with Gasteiger partial charge in [-0.25, -0.2) is 4.79 Å². The first-order valence-corrected chi connectivity index (χ1v) is 8.78. The van der Waals surface area contributed by atoms with Crippen LogP contribution in [0.2, 0.25) is 0 Å². The van der Waals surface area contributed by atoms with E-state index < -0.39 is 21.9 Å². The van der Waals surface area contributed by atoms with Crippen LogP contribution in [0.5, 0.6) is 0 Å². The van der Waals surface area contributed by atoms with Crippen LogP contribution in [0.3, 0.4) is 0 Å². The molecule has 23 heavy (non-hydrogen) atoms. The van der Waals surface area contributed by atoms with E-state index in [1.165, 1.54) is 0 Å². The van der Waals surface area contributed by atoms with Crippen molar-refractivity contribution in [1.29, 1.82) is 0 Å². The quantitative estimate of drug-likeness (QED) is 0.661. The molecule has 2 rings (SSSR count). The summed E-state index contributed by atoms with van der Waals surface area (Å²) in [7, 11) is -3.91. The second kappa shape index (κ2) is 6.72. The number of ether oxygens (including phenoxy) is 1. The third kappa shape index (κ3) is 5.07. The van der Waals surface area contributed by atoms with Crippen LogP contribution in [-0.2, 0) is 24.0 Å². The summed E-state index contributed by atoms with van der Waals surface area (Å²) in [5.41, 5.74) is 0.427.